The van der Waals surface area contributed by atoms with Gasteiger partial charge in [0.15, 0.2) is 0 Å². The van der Waals surface area contributed by atoms with Gasteiger partial charge in [-0.1, -0.05) is 0 Å². The second-order valence-corrected chi connectivity index (χ2v) is 3.16. The van der Waals surface area contributed by atoms with Crippen LogP contribution in [0, 0.1) is 5.92 Å². The van der Waals surface area contributed by atoms with Crippen LogP contribution in [-0.2, 0) is 4.79 Å². The highest BCUT2D eigenvalue weighted by molar-refractivity contribution is 5.74. The first kappa shape index (κ1) is 5.27. The van der Waals surface area contributed by atoms with Gasteiger partial charge in [-0.15, -0.1) is 0 Å². The molecule has 1 amide bonds. The van der Waals surface area contributed by atoms with Gasteiger partial charge in [-0.3, -0.25) is 4.79 Å². The number of hydrogen-bond acceptors (Lipinski definition) is 1. The number of nitrogens with zero attached hydrogens (tertiary/aromatic N) is 1. The normalized spacial score (nSPS) is 38.6. The molecule has 2 heteroatoms. The van der Waals surface area contributed by atoms with Crippen molar-refractivity contribution in [3.05, 3.63) is 0 Å². The lowest BCUT2D eigenvalue weighted by Crippen LogP contribution is -2.32. The molecule has 0 radical (unpaired) electrons. The molecule has 0 atom stereocenters. The number of carbonyl (C=O) groups excluding carboxylic acids is 1. The lowest BCUT2D eigenvalue weighted by molar-refractivity contribution is -0.128. The molecule has 2 nitrogen and oxygen atoms in total. The summed E-state index contributed by atoms with van der Waals surface area (Å²) in [5, 5.41) is 0. The van der Waals surface area contributed by atoms with E-state index in [0.29, 0.717) is 6.04 Å². The van der Waals surface area contributed by atoms with Gasteiger partial charge >= 0.3 is 0 Å². The Morgan fingerprint density at radius 1 is 1.56 bits per heavy atom. The standard InChI is InChI=1S/C7H11NO/c1-5(9)8-4-6-2-7(8)3-6/h6-7H,2-4H2,1H3. The van der Waals surface area contributed by atoms with Crippen LogP contribution >= 0.6 is 0 Å². The number of hydrogen-bond donors (Lipinski definition) is 0. The van der Waals surface area contributed by atoms with Gasteiger partial charge in [-0.05, 0) is 18.8 Å². The lowest BCUT2D eigenvalue weighted by Gasteiger charge is -2.24. The van der Waals surface area contributed by atoms with Crippen molar-refractivity contribution in [2.24, 2.45) is 5.92 Å². The third-order valence-electron chi connectivity index (χ3n) is 2.51. The molecule has 2 saturated heterocycles. The number of rotatable bonds is 0. The first-order valence-corrected chi connectivity index (χ1v) is 3.54. The summed E-state index contributed by atoms with van der Waals surface area (Å²) < 4.78 is 0. The molecule has 1 saturated carbocycles. The smallest absolute Gasteiger partial charge is 0.219 e. The number of carbonyl (C=O) groups is 1. The van der Waals surface area contributed by atoms with E-state index in [-0.39, 0.29) is 5.91 Å². The third-order valence-corrected chi connectivity index (χ3v) is 2.51. The highest BCUT2D eigenvalue weighted by Crippen LogP contribution is 2.40. The van der Waals surface area contributed by atoms with Crippen molar-refractivity contribution in [2.45, 2.75) is 25.8 Å². The van der Waals surface area contributed by atoms with E-state index in [9.17, 15) is 4.79 Å². The Morgan fingerprint density at radius 2 is 2.22 bits per heavy atom. The van der Waals surface area contributed by atoms with Crippen LogP contribution in [0.3, 0.4) is 0 Å². The van der Waals surface area contributed by atoms with E-state index in [1.54, 1.807) is 6.92 Å². The Bertz CT molecular complexity index is 149. The van der Waals surface area contributed by atoms with Crippen LogP contribution < -0.4 is 0 Å². The number of fused-ring (bicyclic) bond motifs is 1. The summed E-state index contributed by atoms with van der Waals surface area (Å²) in [6.07, 6.45) is 2.55. The van der Waals surface area contributed by atoms with Crippen molar-refractivity contribution in [1.82, 2.24) is 4.90 Å². The largest absolute Gasteiger partial charge is 0.340 e. The van der Waals surface area contributed by atoms with Crippen molar-refractivity contribution in [3.63, 3.8) is 0 Å². The molecular formula is C7H11NO. The van der Waals surface area contributed by atoms with E-state index in [1.165, 1.54) is 12.8 Å². The van der Waals surface area contributed by atoms with Gasteiger partial charge in [0.2, 0.25) is 5.91 Å². The molecule has 0 aromatic heterocycles. The SMILES string of the molecule is CC(=O)N1CC2CC1C2. The zero-order valence-electron chi connectivity index (χ0n) is 5.63. The van der Waals surface area contributed by atoms with E-state index < -0.39 is 0 Å². The van der Waals surface area contributed by atoms with Crippen LogP contribution in [0.2, 0.25) is 0 Å². The molecule has 9 heavy (non-hydrogen) atoms. The van der Waals surface area contributed by atoms with Gasteiger partial charge in [-0.25, -0.2) is 0 Å². The summed E-state index contributed by atoms with van der Waals surface area (Å²) in [5.41, 5.74) is 0. The lowest BCUT2D eigenvalue weighted by atomic mass is 9.86. The Labute approximate surface area is 54.8 Å². The number of amides is 1. The van der Waals surface area contributed by atoms with Crippen LogP contribution in [0.5, 0.6) is 0 Å². The van der Waals surface area contributed by atoms with E-state index in [2.05, 4.69) is 0 Å². The Morgan fingerprint density at radius 3 is 2.44 bits per heavy atom. The Kier molecular flexibility index (Phi) is 0.875. The summed E-state index contributed by atoms with van der Waals surface area (Å²) in [6, 6.07) is 0.632. The molecule has 3 aliphatic rings. The highest BCUT2D eigenvalue weighted by Gasteiger charge is 2.43. The summed E-state index contributed by atoms with van der Waals surface area (Å²) in [7, 11) is 0. The minimum atomic E-state index is 0.264. The fraction of sp³-hybridized carbons (Fsp3) is 0.857. The molecule has 0 N–H and O–H groups in total. The zero-order valence-corrected chi connectivity index (χ0v) is 5.63. The maximum atomic E-state index is 10.8. The molecule has 0 unspecified atom stereocenters. The second-order valence-electron chi connectivity index (χ2n) is 3.16. The topological polar surface area (TPSA) is 20.3 Å². The van der Waals surface area contributed by atoms with Crippen molar-refractivity contribution in [2.75, 3.05) is 6.54 Å². The Hall–Kier alpha value is -0.530. The fourth-order valence-electron chi connectivity index (χ4n) is 1.92. The van der Waals surface area contributed by atoms with Gasteiger partial charge in [0.05, 0.1) is 0 Å². The summed E-state index contributed by atoms with van der Waals surface area (Å²) >= 11 is 0. The minimum absolute atomic E-state index is 0.264. The second kappa shape index (κ2) is 1.49. The van der Waals surface area contributed by atoms with E-state index >= 15 is 0 Å². The maximum absolute atomic E-state index is 10.8. The summed E-state index contributed by atoms with van der Waals surface area (Å²) in [4.78, 5) is 12.8. The van der Waals surface area contributed by atoms with E-state index in [4.69, 9.17) is 0 Å². The molecule has 1 aliphatic carbocycles. The van der Waals surface area contributed by atoms with Crippen LogP contribution in [0.15, 0.2) is 0 Å². The predicted molar refractivity (Wildman–Crippen MR) is 33.9 cm³/mol. The van der Waals surface area contributed by atoms with Crippen molar-refractivity contribution < 1.29 is 4.79 Å². The molecule has 3 fully saturated rings. The van der Waals surface area contributed by atoms with Crippen LogP contribution in [-0.4, -0.2) is 23.4 Å². The molecule has 2 bridgehead atoms. The summed E-state index contributed by atoms with van der Waals surface area (Å²) in [5.74, 6) is 1.12. The molecular weight excluding hydrogens is 114 g/mol. The Balaban J connectivity index is 2.08. The van der Waals surface area contributed by atoms with E-state index in [0.717, 1.165) is 12.5 Å². The predicted octanol–water partition coefficient (Wildman–Crippen LogP) is 0.627. The third kappa shape index (κ3) is 0.590. The first-order valence-electron chi connectivity index (χ1n) is 3.54. The van der Waals surface area contributed by atoms with Crippen molar-refractivity contribution in [3.8, 4) is 0 Å². The van der Waals surface area contributed by atoms with Crippen molar-refractivity contribution >= 4 is 5.91 Å². The molecule has 0 aromatic carbocycles. The maximum Gasteiger partial charge on any atom is 0.219 e. The monoisotopic (exact) mass is 125 g/mol. The molecule has 0 spiro atoms. The highest BCUT2D eigenvalue weighted by atomic mass is 16.2. The molecule has 2 heterocycles. The first-order chi connectivity index (χ1) is 4.27. The molecule has 3 rings (SSSR count). The van der Waals surface area contributed by atoms with Gasteiger partial charge in [0, 0.05) is 19.5 Å². The van der Waals surface area contributed by atoms with Gasteiger partial charge in [0.25, 0.3) is 0 Å². The molecule has 50 valence electrons. The molecule has 0 aromatic rings. The average Bonchev–Trinajstić information content (AvgIpc) is 2.12. The van der Waals surface area contributed by atoms with Crippen LogP contribution in [0.4, 0.5) is 0 Å². The van der Waals surface area contributed by atoms with Gasteiger partial charge < -0.3 is 4.90 Å². The summed E-state index contributed by atoms with van der Waals surface area (Å²) in [6.45, 7) is 2.71. The quantitative estimate of drug-likeness (QED) is 0.465. The fourth-order valence-corrected chi connectivity index (χ4v) is 1.92. The zero-order chi connectivity index (χ0) is 6.43. The van der Waals surface area contributed by atoms with E-state index in [1.807, 2.05) is 4.90 Å². The van der Waals surface area contributed by atoms with Gasteiger partial charge in [-0.2, -0.15) is 0 Å². The van der Waals surface area contributed by atoms with Crippen LogP contribution in [0.25, 0.3) is 0 Å². The average molecular weight is 125 g/mol. The van der Waals surface area contributed by atoms with Crippen LogP contribution in [0.1, 0.15) is 19.8 Å². The minimum Gasteiger partial charge on any atom is -0.340 e. The molecule has 2 aliphatic heterocycles. The van der Waals surface area contributed by atoms with Crippen molar-refractivity contribution in [1.29, 1.82) is 0 Å². The van der Waals surface area contributed by atoms with Gasteiger partial charge in [0.1, 0.15) is 0 Å².